The third-order valence-corrected chi connectivity index (χ3v) is 1.93. The Morgan fingerprint density at radius 1 is 1.36 bits per heavy atom. The van der Waals surface area contributed by atoms with Gasteiger partial charge in [0.1, 0.15) is 0 Å². The first-order valence-electron chi connectivity index (χ1n) is 3.62. The van der Waals surface area contributed by atoms with Gasteiger partial charge in [0.05, 0.1) is 16.8 Å². The number of fused-ring (bicyclic) bond motifs is 1. The Kier molecular flexibility index (Phi) is 1.17. The van der Waals surface area contributed by atoms with Gasteiger partial charge in [-0.05, 0) is 13.0 Å². The second kappa shape index (κ2) is 2.04. The molecule has 0 spiro atoms. The molecule has 0 radical (unpaired) electrons. The molecular formula is C9H9N2+. The smallest absolute Gasteiger partial charge is 0.261 e. The molecule has 0 atom stereocenters. The van der Waals surface area contributed by atoms with E-state index in [0.717, 1.165) is 11.4 Å². The van der Waals surface area contributed by atoms with E-state index in [1.807, 2.05) is 32.3 Å². The molecule has 0 N–H and O–H groups in total. The van der Waals surface area contributed by atoms with Gasteiger partial charge in [-0.15, -0.1) is 0 Å². The van der Waals surface area contributed by atoms with Crippen LogP contribution < -0.4 is 4.67 Å². The lowest BCUT2D eigenvalue weighted by molar-refractivity contribution is 1.19. The van der Waals surface area contributed by atoms with Crippen LogP contribution in [0.3, 0.4) is 0 Å². The molecule has 0 aromatic carbocycles. The highest BCUT2D eigenvalue weighted by Crippen LogP contribution is 2.11. The van der Waals surface area contributed by atoms with Crippen LogP contribution in [0.1, 0.15) is 23.7 Å². The van der Waals surface area contributed by atoms with Crippen LogP contribution in [0.15, 0.2) is 12.3 Å². The van der Waals surface area contributed by atoms with Crippen molar-refractivity contribution in [3.8, 4) is 0 Å². The summed E-state index contributed by atoms with van der Waals surface area (Å²) in [5, 5.41) is 0. The summed E-state index contributed by atoms with van der Waals surface area (Å²) < 4.78 is 4.22. The van der Waals surface area contributed by atoms with Crippen molar-refractivity contribution in [1.82, 2.24) is 9.65 Å². The van der Waals surface area contributed by atoms with Gasteiger partial charge in [0.2, 0.25) is 0 Å². The number of rotatable bonds is 0. The molecule has 2 heteroatoms. The largest absolute Gasteiger partial charge is 0.310 e. The molecule has 0 unspecified atom stereocenters. The van der Waals surface area contributed by atoms with Crippen LogP contribution in [0.4, 0.5) is 0 Å². The van der Waals surface area contributed by atoms with Crippen LogP contribution in [0.5, 0.6) is 0 Å². The molecule has 1 aromatic rings. The van der Waals surface area contributed by atoms with E-state index in [-0.39, 0.29) is 0 Å². The third kappa shape index (κ3) is 0.803. The maximum atomic E-state index is 4.22. The molecule has 1 aliphatic rings. The fourth-order valence-corrected chi connectivity index (χ4v) is 1.40. The summed E-state index contributed by atoms with van der Waals surface area (Å²) >= 11 is 0. The number of aryl methyl sites for hydroxylation is 1. The second-order valence-electron chi connectivity index (χ2n) is 2.70. The molecule has 2 nitrogen and oxygen atoms in total. The van der Waals surface area contributed by atoms with Gasteiger partial charge in [0, 0.05) is 13.1 Å². The van der Waals surface area contributed by atoms with Crippen molar-refractivity contribution in [2.45, 2.75) is 13.8 Å². The minimum absolute atomic E-state index is 1.07. The number of pyridine rings is 1. The van der Waals surface area contributed by atoms with Gasteiger partial charge in [0.25, 0.3) is 0 Å². The molecular weight excluding hydrogens is 136 g/mol. The molecule has 1 aliphatic heterocycles. The maximum Gasteiger partial charge on any atom is 0.310 e. The van der Waals surface area contributed by atoms with Crippen molar-refractivity contribution in [2.24, 2.45) is 0 Å². The number of nitrogens with zero attached hydrogens (tertiary/aromatic N) is 2. The molecule has 0 bridgehead atoms. The topological polar surface area (TPSA) is 27.0 Å². The summed E-state index contributed by atoms with van der Waals surface area (Å²) in [7, 11) is 0. The first-order chi connectivity index (χ1) is 5.29. The van der Waals surface area contributed by atoms with E-state index in [4.69, 9.17) is 0 Å². The summed E-state index contributed by atoms with van der Waals surface area (Å²) in [4.78, 5) is 4.20. The SMILES string of the molecule is CC1=[N+]=Cc2ccnc(C)c21. The average Bonchev–Trinajstić information content (AvgIpc) is 2.34. The van der Waals surface area contributed by atoms with E-state index < -0.39 is 0 Å². The quantitative estimate of drug-likeness (QED) is 0.494. The van der Waals surface area contributed by atoms with Gasteiger partial charge in [-0.25, -0.2) is 0 Å². The van der Waals surface area contributed by atoms with Crippen molar-refractivity contribution in [1.29, 1.82) is 0 Å². The Bertz CT molecular complexity index is 371. The van der Waals surface area contributed by atoms with E-state index in [2.05, 4.69) is 9.65 Å². The molecule has 2 heterocycles. The van der Waals surface area contributed by atoms with Crippen LogP contribution >= 0.6 is 0 Å². The Labute approximate surface area is 65.3 Å². The maximum absolute atomic E-state index is 4.22. The number of hydrogen-bond donors (Lipinski definition) is 0. The van der Waals surface area contributed by atoms with E-state index in [1.54, 1.807) is 0 Å². The van der Waals surface area contributed by atoms with E-state index in [9.17, 15) is 0 Å². The Morgan fingerprint density at radius 2 is 2.18 bits per heavy atom. The van der Waals surface area contributed by atoms with Gasteiger partial charge in [0.15, 0.2) is 0 Å². The van der Waals surface area contributed by atoms with Crippen LogP contribution in [0.25, 0.3) is 0 Å². The monoisotopic (exact) mass is 145 g/mol. The van der Waals surface area contributed by atoms with Crippen molar-refractivity contribution >= 4 is 11.9 Å². The lowest BCUT2D eigenvalue weighted by Gasteiger charge is -1.94. The standard InChI is InChI=1S/C9H9N2/c1-6-9-7(2)11-5-8(9)3-4-10-6/h3-5H,1-2H3/q+1. The number of aromatic nitrogens is 1. The van der Waals surface area contributed by atoms with E-state index in [0.29, 0.717) is 0 Å². The van der Waals surface area contributed by atoms with Crippen molar-refractivity contribution < 1.29 is 0 Å². The minimum Gasteiger partial charge on any atom is -0.261 e. The Morgan fingerprint density at radius 3 is 2.91 bits per heavy atom. The molecule has 0 fully saturated rings. The van der Waals surface area contributed by atoms with Crippen LogP contribution in [-0.4, -0.2) is 16.9 Å². The highest BCUT2D eigenvalue weighted by molar-refractivity contribution is 6.11. The van der Waals surface area contributed by atoms with E-state index in [1.165, 1.54) is 11.1 Å². The zero-order valence-electron chi connectivity index (χ0n) is 6.63. The summed E-state index contributed by atoms with van der Waals surface area (Å²) in [6, 6.07) is 1.99. The van der Waals surface area contributed by atoms with Crippen molar-refractivity contribution in [2.75, 3.05) is 0 Å². The zero-order chi connectivity index (χ0) is 7.84. The lowest BCUT2D eigenvalue weighted by atomic mass is 10.1. The zero-order valence-corrected chi connectivity index (χ0v) is 6.63. The molecule has 0 amide bonds. The fraction of sp³-hybridized carbons (Fsp3) is 0.222. The normalized spacial score (nSPS) is 13.1. The third-order valence-electron chi connectivity index (χ3n) is 1.93. The van der Waals surface area contributed by atoms with Gasteiger partial charge in [-0.2, -0.15) is 0 Å². The van der Waals surface area contributed by atoms with Gasteiger partial charge < -0.3 is 0 Å². The Balaban J connectivity index is 2.75. The molecule has 11 heavy (non-hydrogen) atoms. The molecule has 0 saturated heterocycles. The highest BCUT2D eigenvalue weighted by Gasteiger charge is 2.21. The van der Waals surface area contributed by atoms with Crippen molar-refractivity contribution in [3.63, 3.8) is 0 Å². The minimum atomic E-state index is 1.07. The fourth-order valence-electron chi connectivity index (χ4n) is 1.40. The van der Waals surface area contributed by atoms with Crippen LogP contribution in [0, 0.1) is 6.92 Å². The van der Waals surface area contributed by atoms with Crippen molar-refractivity contribution in [3.05, 3.63) is 29.1 Å². The lowest BCUT2D eigenvalue weighted by Crippen LogP contribution is -2.00. The molecule has 54 valence electrons. The van der Waals surface area contributed by atoms with Gasteiger partial charge in [-0.3, -0.25) is 4.98 Å². The highest BCUT2D eigenvalue weighted by atomic mass is 14.7. The summed E-state index contributed by atoms with van der Waals surface area (Å²) in [5.41, 5.74) is 4.53. The van der Waals surface area contributed by atoms with Gasteiger partial charge >= 0.3 is 11.9 Å². The molecule has 0 aliphatic carbocycles. The molecule has 0 saturated carbocycles. The summed E-state index contributed by atoms with van der Waals surface area (Å²) in [5.74, 6) is 0. The first-order valence-corrected chi connectivity index (χ1v) is 3.62. The van der Waals surface area contributed by atoms with Gasteiger partial charge in [-0.1, -0.05) is 4.67 Å². The van der Waals surface area contributed by atoms with E-state index >= 15 is 0 Å². The Hall–Kier alpha value is -1.40. The predicted octanol–water partition coefficient (Wildman–Crippen LogP) is 0.699. The summed E-state index contributed by atoms with van der Waals surface area (Å²) in [6.45, 7) is 4.02. The second-order valence-corrected chi connectivity index (χ2v) is 2.70. The summed E-state index contributed by atoms with van der Waals surface area (Å²) in [6.07, 6.45) is 3.71. The molecule has 2 rings (SSSR count). The first kappa shape index (κ1) is 6.32. The van der Waals surface area contributed by atoms with Crippen LogP contribution in [-0.2, 0) is 0 Å². The van der Waals surface area contributed by atoms with Crippen LogP contribution in [0.2, 0.25) is 0 Å². The molecule has 1 aromatic heterocycles. The number of hydrogen-bond acceptors (Lipinski definition) is 1. The predicted molar refractivity (Wildman–Crippen MR) is 46.1 cm³/mol. The average molecular weight is 145 g/mol.